The number of guanidine groups is 1. The van der Waals surface area contributed by atoms with E-state index in [9.17, 15) is 0 Å². The van der Waals surface area contributed by atoms with Crippen molar-refractivity contribution in [3.8, 4) is 11.5 Å². The molecule has 6 nitrogen and oxygen atoms in total. The molecule has 140 valence electrons. The number of methoxy groups -OCH3 is 1. The zero-order valence-electron chi connectivity index (χ0n) is 16.0. The molecule has 1 aromatic rings. The van der Waals surface area contributed by atoms with Gasteiger partial charge in [0, 0.05) is 37.9 Å². The first-order chi connectivity index (χ1) is 12.2. The molecule has 0 saturated carbocycles. The van der Waals surface area contributed by atoms with Crippen LogP contribution in [0.2, 0.25) is 0 Å². The zero-order chi connectivity index (χ0) is 18.1. The van der Waals surface area contributed by atoms with Crippen molar-refractivity contribution in [1.29, 1.82) is 0 Å². The molecule has 1 heterocycles. The van der Waals surface area contributed by atoms with E-state index in [1.54, 1.807) is 14.2 Å². The summed E-state index contributed by atoms with van der Waals surface area (Å²) in [6, 6.07) is 6.47. The Morgan fingerprint density at radius 1 is 1.32 bits per heavy atom. The van der Waals surface area contributed by atoms with Crippen LogP contribution in [0.25, 0.3) is 0 Å². The molecular weight excluding hydrogens is 316 g/mol. The van der Waals surface area contributed by atoms with Crippen LogP contribution in [0.15, 0.2) is 23.2 Å². The van der Waals surface area contributed by atoms with Gasteiger partial charge in [-0.25, -0.2) is 0 Å². The summed E-state index contributed by atoms with van der Waals surface area (Å²) >= 11 is 0. The maximum absolute atomic E-state index is 5.62. The van der Waals surface area contributed by atoms with Crippen LogP contribution >= 0.6 is 0 Å². The molecule has 1 aliphatic rings. The Balaban J connectivity index is 1.88. The predicted octanol–water partition coefficient (Wildman–Crippen LogP) is 2.96. The third-order valence-electron chi connectivity index (χ3n) is 4.58. The Morgan fingerprint density at radius 3 is 2.84 bits per heavy atom. The zero-order valence-corrected chi connectivity index (χ0v) is 16.0. The molecule has 0 bridgehead atoms. The number of nitrogens with zero attached hydrogens (tertiary/aromatic N) is 2. The number of benzene rings is 1. The molecule has 6 heteroatoms. The van der Waals surface area contributed by atoms with Crippen molar-refractivity contribution in [2.75, 3.05) is 45.7 Å². The molecule has 1 fully saturated rings. The number of ether oxygens (including phenoxy) is 2. The van der Waals surface area contributed by atoms with Gasteiger partial charge < -0.3 is 20.1 Å². The second kappa shape index (κ2) is 10.1. The minimum Gasteiger partial charge on any atom is -0.493 e. The number of hydrogen-bond acceptors (Lipinski definition) is 4. The topological polar surface area (TPSA) is 58.1 Å². The monoisotopic (exact) mass is 348 g/mol. The standard InChI is InChI=1S/C19H32N4O2/c1-5-25-18-14-16(9-10-17(18)24-4)22-19(20-3)21-11-13-23-12-7-6-8-15(23)2/h9-10,14-15H,5-8,11-13H2,1-4H3,(H2,20,21,22). The number of aliphatic imine (C=N–C) groups is 1. The average Bonchev–Trinajstić information content (AvgIpc) is 2.63. The SMILES string of the molecule is CCOc1cc(NC(=NC)NCCN2CCCCC2C)ccc1OC. The highest BCUT2D eigenvalue weighted by Gasteiger charge is 2.17. The van der Waals surface area contributed by atoms with Crippen molar-refractivity contribution in [3.05, 3.63) is 18.2 Å². The van der Waals surface area contributed by atoms with E-state index in [1.165, 1.54) is 25.8 Å². The number of rotatable bonds is 7. The lowest BCUT2D eigenvalue weighted by molar-refractivity contribution is 0.164. The highest BCUT2D eigenvalue weighted by molar-refractivity contribution is 5.93. The molecule has 1 saturated heterocycles. The molecule has 25 heavy (non-hydrogen) atoms. The summed E-state index contributed by atoms with van der Waals surface area (Å²) in [6.07, 6.45) is 3.97. The maximum Gasteiger partial charge on any atom is 0.195 e. The van der Waals surface area contributed by atoms with Crippen LogP contribution in [0.4, 0.5) is 5.69 Å². The Labute approximate surface area is 151 Å². The van der Waals surface area contributed by atoms with E-state index in [1.807, 2.05) is 25.1 Å². The molecule has 2 N–H and O–H groups in total. The fourth-order valence-corrected chi connectivity index (χ4v) is 3.15. The van der Waals surface area contributed by atoms with E-state index in [2.05, 4.69) is 27.4 Å². The Morgan fingerprint density at radius 2 is 2.16 bits per heavy atom. The largest absolute Gasteiger partial charge is 0.493 e. The highest BCUT2D eigenvalue weighted by Crippen LogP contribution is 2.30. The second-order valence-electron chi connectivity index (χ2n) is 6.30. The van der Waals surface area contributed by atoms with Gasteiger partial charge in [0.05, 0.1) is 13.7 Å². The Hall–Kier alpha value is -1.95. The fraction of sp³-hybridized carbons (Fsp3) is 0.632. The van der Waals surface area contributed by atoms with Gasteiger partial charge in [0.1, 0.15) is 0 Å². The first-order valence-electron chi connectivity index (χ1n) is 9.20. The van der Waals surface area contributed by atoms with Crippen LogP contribution in [0.1, 0.15) is 33.1 Å². The molecule has 0 aliphatic carbocycles. The van der Waals surface area contributed by atoms with Crippen LogP contribution in [-0.2, 0) is 0 Å². The van der Waals surface area contributed by atoms with Gasteiger partial charge in [-0.3, -0.25) is 9.89 Å². The fourth-order valence-electron chi connectivity index (χ4n) is 3.15. The maximum atomic E-state index is 5.62. The van der Waals surface area contributed by atoms with E-state index in [4.69, 9.17) is 9.47 Å². The number of hydrogen-bond donors (Lipinski definition) is 2. The van der Waals surface area contributed by atoms with Gasteiger partial charge in [-0.2, -0.15) is 0 Å². The normalized spacial score (nSPS) is 18.7. The van der Waals surface area contributed by atoms with Crippen LogP contribution < -0.4 is 20.1 Å². The van der Waals surface area contributed by atoms with Gasteiger partial charge in [-0.15, -0.1) is 0 Å². The summed E-state index contributed by atoms with van der Waals surface area (Å²) in [5.41, 5.74) is 0.920. The first-order valence-corrected chi connectivity index (χ1v) is 9.20. The Kier molecular flexibility index (Phi) is 7.85. The summed E-state index contributed by atoms with van der Waals surface area (Å²) in [7, 11) is 3.43. The van der Waals surface area contributed by atoms with Gasteiger partial charge in [0.15, 0.2) is 17.5 Å². The van der Waals surface area contributed by atoms with Gasteiger partial charge in [0.2, 0.25) is 0 Å². The lowest BCUT2D eigenvalue weighted by atomic mass is 10.0. The number of piperidine rings is 1. The predicted molar refractivity (Wildman–Crippen MR) is 104 cm³/mol. The van der Waals surface area contributed by atoms with Crippen LogP contribution in [0, 0.1) is 0 Å². The molecule has 0 amide bonds. The van der Waals surface area contributed by atoms with Gasteiger partial charge >= 0.3 is 0 Å². The molecule has 2 rings (SSSR count). The number of anilines is 1. The Bertz CT molecular complexity index is 562. The van der Waals surface area contributed by atoms with E-state index in [0.29, 0.717) is 12.6 Å². The van der Waals surface area contributed by atoms with Crippen LogP contribution in [0.3, 0.4) is 0 Å². The number of nitrogens with one attached hydrogen (secondary N) is 2. The molecule has 1 aromatic carbocycles. The third kappa shape index (κ3) is 5.81. The minimum absolute atomic E-state index is 0.598. The van der Waals surface area contributed by atoms with Crippen molar-refractivity contribution in [2.24, 2.45) is 4.99 Å². The first kappa shape index (κ1) is 19.4. The van der Waals surface area contributed by atoms with Gasteiger partial charge in [0.25, 0.3) is 0 Å². The average molecular weight is 348 g/mol. The summed E-state index contributed by atoms with van der Waals surface area (Å²) < 4.78 is 10.9. The molecule has 0 spiro atoms. The van der Waals surface area contributed by atoms with Crippen LogP contribution in [-0.4, -0.2) is 57.3 Å². The molecule has 1 aliphatic heterocycles. The molecule has 1 atom stereocenters. The van der Waals surface area contributed by atoms with E-state index >= 15 is 0 Å². The van der Waals surface area contributed by atoms with Gasteiger partial charge in [-0.1, -0.05) is 6.42 Å². The van der Waals surface area contributed by atoms with Crippen molar-refractivity contribution < 1.29 is 9.47 Å². The molecule has 1 unspecified atom stereocenters. The third-order valence-corrected chi connectivity index (χ3v) is 4.58. The van der Waals surface area contributed by atoms with E-state index < -0.39 is 0 Å². The highest BCUT2D eigenvalue weighted by atomic mass is 16.5. The molecular formula is C19H32N4O2. The molecule has 0 aromatic heterocycles. The quantitative estimate of drug-likeness (QED) is 0.586. The second-order valence-corrected chi connectivity index (χ2v) is 6.30. The van der Waals surface area contributed by atoms with E-state index in [-0.39, 0.29) is 0 Å². The minimum atomic E-state index is 0.598. The van der Waals surface area contributed by atoms with Gasteiger partial charge in [-0.05, 0) is 45.4 Å². The summed E-state index contributed by atoms with van der Waals surface area (Å²) in [5.74, 6) is 2.22. The summed E-state index contributed by atoms with van der Waals surface area (Å²) in [4.78, 5) is 6.85. The number of likely N-dealkylation sites (tertiary alicyclic amines) is 1. The summed E-state index contributed by atoms with van der Waals surface area (Å²) in [6.45, 7) is 7.99. The lowest BCUT2D eigenvalue weighted by Crippen LogP contribution is -2.43. The van der Waals surface area contributed by atoms with Crippen molar-refractivity contribution >= 4 is 11.6 Å². The van der Waals surface area contributed by atoms with Crippen molar-refractivity contribution in [2.45, 2.75) is 39.2 Å². The van der Waals surface area contributed by atoms with Crippen molar-refractivity contribution in [3.63, 3.8) is 0 Å². The molecule has 0 radical (unpaired) electrons. The van der Waals surface area contributed by atoms with E-state index in [0.717, 1.165) is 36.2 Å². The van der Waals surface area contributed by atoms with Crippen LogP contribution in [0.5, 0.6) is 11.5 Å². The smallest absolute Gasteiger partial charge is 0.195 e. The van der Waals surface area contributed by atoms with Crippen molar-refractivity contribution in [1.82, 2.24) is 10.2 Å². The summed E-state index contributed by atoms with van der Waals surface area (Å²) in [5, 5.41) is 6.70. The lowest BCUT2D eigenvalue weighted by Gasteiger charge is -2.33.